The van der Waals surface area contributed by atoms with Crippen molar-refractivity contribution >= 4 is 8.25 Å². The lowest BCUT2D eigenvalue weighted by molar-refractivity contribution is 0.208. The van der Waals surface area contributed by atoms with E-state index in [9.17, 15) is 22.1 Å². The molecule has 0 atom stereocenters. The van der Waals surface area contributed by atoms with Crippen LogP contribution in [0.5, 0.6) is 0 Å². The van der Waals surface area contributed by atoms with Crippen LogP contribution in [-0.2, 0) is 26.8 Å². The van der Waals surface area contributed by atoms with Crippen LogP contribution in [0.25, 0.3) is 0 Å². The minimum Gasteiger partial charge on any atom is -0.204 e. The van der Waals surface area contributed by atoms with Gasteiger partial charge in [0.25, 0.3) is 0 Å². The molecule has 0 unspecified atom stereocenters. The summed E-state index contributed by atoms with van der Waals surface area (Å²) in [5.74, 6) is -4.33. The molecule has 0 fully saturated rings. The Kier molecular flexibility index (Phi) is 5.60. The van der Waals surface area contributed by atoms with E-state index in [4.69, 9.17) is 9.05 Å². The largest absolute Gasteiger partial charge is 0.698 e. The van der Waals surface area contributed by atoms with Crippen LogP contribution in [0.2, 0.25) is 0 Å². The Morgan fingerprint density at radius 3 is 1.59 bits per heavy atom. The van der Waals surface area contributed by atoms with Gasteiger partial charge in [0, 0.05) is 15.7 Å². The molecular formula is C14H10F4O3P+. The summed E-state index contributed by atoms with van der Waals surface area (Å²) in [5, 5.41) is 0. The molecule has 0 bridgehead atoms. The quantitative estimate of drug-likeness (QED) is 0.571. The van der Waals surface area contributed by atoms with Crippen molar-refractivity contribution in [1.82, 2.24) is 0 Å². The molecule has 2 aromatic carbocycles. The van der Waals surface area contributed by atoms with E-state index in [1.165, 1.54) is 24.3 Å². The molecular weight excluding hydrogens is 323 g/mol. The van der Waals surface area contributed by atoms with E-state index < -0.39 is 44.7 Å². The van der Waals surface area contributed by atoms with Crippen molar-refractivity contribution in [2.24, 2.45) is 0 Å². The molecule has 0 aliphatic carbocycles. The highest BCUT2D eigenvalue weighted by Crippen LogP contribution is 2.29. The predicted octanol–water partition coefficient (Wildman–Crippen LogP) is 4.63. The molecule has 2 aromatic rings. The zero-order chi connectivity index (χ0) is 16.1. The van der Waals surface area contributed by atoms with Gasteiger partial charge >= 0.3 is 8.25 Å². The van der Waals surface area contributed by atoms with Crippen LogP contribution in [0, 0.1) is 23.3 Å². The molecule has 0 N–H and O–H groups in total. The van der Waals surface area contributed by atoms with E-state index in [-0.39, 0.29) is 11.1 Å². The van der Waals surface area contributed by atoms with E-state index in [1.807, 2.05) is 0 Å². The van der Waals surface area contributed by atoms with Crippen LogP contribution < -0.4 is 0 Å². The maximum atomic E-state index is 13.3. The summed E-state index contributed by atoms with van der Waals surface area (Å²) in [5.41, 5.74) is -0.271. The summed E-state index contributed by atoms with van der Waals surface area (Å²) < 4.78 is 73.4. The standard InChI is InChI=1S/C14H10F4O3P/c15-11-5-1-3-9(13(11)17)7-20-22(19)21-8-10-4-2-6-12(16)14(10)18/h1-6H,7-8H2/q+1. The van der Waals surface area contributed by atoms with Gasteiger partial charge in [-0.15, -0.1) is 9.05 Å². The van der Waals surface area contributed by atoms with Gasteiger partial charge in [-0.25, -0.2) is 17.6 Å². The maximum absolute atomic E-state index is 13.3. The van der Waals surface area contributed by atoms with Crippen LogP contribution in [0.15, 0.2) is 36.4 Å². The van der Waals surface area contributed by atoms with Gasteiger partial charge in [0.1, 0.15) is 13.2 Å². The van der Waals surface area contributed by atoms with Crippen molar-refractivity contribution < 1.29 is 31.2 Å². The third kappa shape index (κ3) is 4.10. The van der Waals surface area contributed by atoms with Gasteiger partial charge in [-0.1, -0.05) is 24.3 Å². The van der Waals surface area contributed by atoms with E-state index >= 15 is 0 Å². The zero-order valence-electron chi connectivity index (χ0n) is 11.1. The molecule has 0 aliphatic heterocycles. The molecule has 0 saturated heterocycles. The molecule has 0 radical (unpaired) electrons. The third-order valence-corrected chi connectivity index (χ3v) is 3.39. The van der Waals surface area contributed by atoms with Gasteiger partial charge in [-0.2, -0.15) is 0 Å². The van der Waals surface area contributed by atoms with Gasteiger partial charge in [-0.05, 0) is 12.1 Å². The summed E-state index contributed by atoms with van der Waals surface area (Å²) in [6, 6.07) is 6.92. The molecule has 22 heavy (non-hydrogen) atoms. The highest BCUT2D eigenvalue weighted by atomic mass is 31.1. The monoisotopic (exact) mass is 333 g/mol. The molecule has 116 valence electrons. The first-order chi connectivity index (χ1) is 10.5. The molecule has 0 aliphatic rings. The van der Waals surface area contributed by atoms with Crippen molar-refractivity contribution in [3.05, 3.63) is 70.8 Å². The van der Waals surface area contributed by atoms with E-state index in [2.05, 4.69) is 0 Å². The van der Waals surface area contributed by atoms with Crippen molar-refractivity contribution in [1.29, 1.82) is 0 Å². The highest BCUT2D eigenvalue weighted by molar-refractivity contribution is 7.33. The van der Waals surface area contributed by atoms with Gasteiger partial charge in [0.05, 0.1) is 0 Å². The highest BCUT2D eigenvalue weighted by Gasteiger charge is 2.23. The average molecular weight is 333 g/mol. The second-order valence-electron chi connectivity index (χ2n) is 4.20. The molecule has 3 nitrogen and oxygen atoms in total. The van der Waals surface area contributed by atoms with E-state index in [0.717, 1.165) is 12.1 Å². The maximum Gasteiger partial charge on any atom is 0.698 e. The minimum absolute atomic E-state index is 0.135. The lowest BCUT2D eigenvalue weighted by Gasteiger charge is -2.00. The number of hydrogen-bond donors (Lipinski definition) is 0. The zero-order valence-corrected chi connectivity index (χ0v) is 12.0. The first kappa shape index (κ1) is 16.5. The lowest BCUT2D eigenvalue weighted by Crippen LogP contribution is -1.97. The molecule has 0 amide bonds. The van der Waals surface area contributed by atoms with Crippen LogP contribution in [0.1, 0.15) is 11.1 Å². The third-order valence-electron chi connectivity index (χ3n) is 2.71. The van der Waals surface area contributed by atoms with Gasteiger partial charge < -0.3 is 0 Å². The lowest BCUT2D eigenvalue weighted by atomic mass is 10.2. The average Bonchev–Trinajstić information content (AvgIpc) is 2.50. The van der Waals surface area contributed by atoms with Gasteiger partial charge in [0.2, 0.25) is 0 Å². The summed E-state index contributed by atoms with van der Waals surface area (Å²) in [4.78, 5) is 0. The number of benzene rings is 2. The first-order valence-corrected chi connectivity index (χ1v) is 7.17. The minimum atomic E-state index is -2.70. The Labute approximate surface area is 124 Å². The number of rotatable bonds is 6. The topological polar surface area (TPSA) is 35.5 Å². The second kappa shape index (κ2) is 7.45. The molecule has 8 heteroatoms. The van der Waals surface area contributed by atoms with Gasteiger partial charge in [0.15, 0.2) is 23.3 Å². The van der Waals surface area contributed by atoms with Crippen LogP contribution in [0.4, 0.5) is 17.6 Å². The molecule has 0 aromatic heterocycles. The van der Waals surface area contributed by atoms with E-state index in [0.29, 0.717) is 0 Å². The molecule has 0 heterocycles. The fraction of sp³-hybridized carbons (Fsp3) is 0.143. The Morgan fingerprint density at radius 2 is 1.18 bits per heavy atom. The Hall–Kier alpha value is -1.82. The smallest absolute Gasteiger partial charge is 0.204 e. The van der Waals surface area contributed by atoms with Crippen LogP contribution in [0.3, 0.4) is 0 Å². The van der Waals surface area contributed by atoms with Crippen LogP contribution in [-0.4, -0.2) is 0 Å². The van der Waals surface area contributed by atoms with Crippen molar-refractivity contribution in [2.45, 2.75) is 13.2 Å². The molecule has 0 spiro atoms. The van der Waals surface area contributed by atoms with Crippen molar-refractivity contribution in [2.75, 3.05) is 0 Å². The SMILES string of the molecule is O=[P+](OCc1cccc(F)c1F)OCc1cccc(F)c1F. The van der Waals surface area contributed by atoms with E-state index in [1.54, 1.807) is 0 Å². The predicted molar refractivity (Wildman–Crippen MR) is 69.9 cm³/mol. The summed E-state index contributed by atoms with van der Waals surface area (Å²) in [6.07, 6.45) is 0. The Balaban J connectivity index is 1.88. The van der Waals surface area contributed by atoms with Crippen molar-refractivity contribution in [3.63, 3.8) is 0 Å². The normalized spacial score (nSPS) is 10.7. The summed E-state index contributed by atoms with van der Waals surface area (Å²) in [7, 11) is -2.70. The Bertz CT molecular complexity index is 636. The van der Waals surface area contributed by atoms with Crippen molar-refractivity contribution in [3.8, 4) is 0 Å². The number of halogens is 4. The Morgan fingerprint density at radius 1 is 0.773 bits per heavy atom. The van der Waals surface area contributed by atoms with Gasteiger partial charge in [-0.3, -0.25) is 0 Å². The molecule has 2 rings (SSSR count). The number of hydrogen-bond acceptors (Lipinski definition) is 3. The fourth-order valence-electron chi connectivity index (χ4n) is 1.60. The fourth-order valence-corrected chi connectivity index (χ4v) is 2.17. The van der Waals surface area contributed by atoms with Crippen LogP contribution >= 0.6 is 8.25 Å². The molecule has 0 saturated carbocycles. The first-order valence-electron chi connectivity index (χ1n) is 6.08. The second-order valence-corrected chi connectivity index (χ2v) is 5.16. The summed E-state index contributed by atoms with van der Waals surface area (Å²) in [6.45, 7) is -0.963. The summed E-state index contributed by atoms with van der Waals surface area (Å²) >= 11 is 0.